The van der Waals surface area contributed by atoms with Gasteiger partial charge in [0.05, 0.1) is 0 Å². The fraction of sp³-hybridized carbons (Fsp3) is 0.800. The Morgan fingerprint density at radius 3 is 0.859 bits per heavy atom. The molecule has 0 aromatic carbocycles. The van der Waals surface area contributed by atoms with Gasteiger partial charge in [-0.25, -0.2) is 0 Å². The van der Waals surface area contributed by atoms with Gasteiger partial charge in [-0.2, -0.15) is 0 Å². The molecule has 0 saturated heterocycles. The first kappa shape index (κ1) is 68.1. The van der Waals surface area contributed by atoms with E-state index in [1.807, 2.05) is 0 Å². The Kier molecular flexibility index (Phi) is 57.2. The average Bonchev–Trinajstić information content (AvgIpc) is 3.37. The quantitative estimate of drug-likeness (QED) is 0.0261. The molecular weight excluding hydrogens is 877 g/mol. The zero-order chi connectivity index (χ0) is 51.4. The van der Waals surface area contributed by atoms with Crippen molar-refractivity contribution < 1.29 is 28.6 Å². The highest BCUT2D eigenvalue weighted by atomic mass is 16.6. The number of rotatable bonds is 56. The molecule has 71 heavy (non-hydrogen) atoms. The minimum Gasteiger partial charge on any atom is -0.462 e. The van der Waals surface area contributed by atoms with Gasteiger partial charge in [0, 0.05) is 19.3 Å². The van der Waals surface area contributed by atoms with Crippen LogP contribution in [0.3, 0.4) is 0 Å². The Morgan fingerprint density at radius 2 is 0.535 bits per heavy atom. The lowest BCUT2D eigenvalue weighted by atomic mass is 10.0. The third-order valence-electron chi connectivity index (χ3n) is 13.4. The van der Waals surface area contributed by atoms with Crippen LogP contribution in [0.1, 0.15) is 316 Å². The van der Waals surface area contributed by atoms with Crippen LogP contribution >= 0.6 is 0 Å². The Hall–Kier alpha value is -2.89. The smallest absolute Gasteiger partial charge is 0.306 e. The van der Waals surface area contributed by atoms with Crippen molar-refractivity contribution in [3.05, 3.63) is 60.8 Å². The van der Waals surface area contributed by atoms with Gasteiger partial charge < -0.3 is 14.2 Å². The molecule has 0 rings (SSSR count). The molecule has 412 valence electrons. The topological polar surface area (TPSA) is 78.9 Å². The molecule has 0 aliphatic rings. The molecule has 0 fully saturated rings. The Morgan fingerprint density at radius 1 is 0.282 bits per heavy atom. The number of unbranched alkanes of at least 4 members (excludes halogenated alkanes) is 35. The molecule has 0 bridgehead atoms. The van der Waals surface area contributed by atoms with Crippen LogP contribution in [-0.4, -0.2) is 37.2 Å². The first-order valence-corrected chi connectivity index (χ1v) is 30.8. The Labute approximate surface area is 440 Å². The highest BCUT2D eigenvalue weighted by Crippen LogP contribution is 2.16. The van der Waals surface area contributed by atoms with Crippen LogP contribution < -0.4 is 0 Å². The van der Waals surface area contributed by atoms with Crippen LogP contribution in [-0.2, 0) is 28.6 Å². The SMILES string of the molecule is CCC/C=C\C/C=C\CCCCCCCC(=O)OC(COC(=O)CCCCCCC/C=C\CCCCCC)COC(=O)CCCCCCCCCCCCCCCCC/C=C\C/C=C\CCCCCCC. The summed E-state index contributed by atoms with van der Waals surface area (Å²) in [5.41, 5.74) is 0. The minimum atomic E-state index is -0.784. The molecule has 0 spiro atoms. The summed E-state index contributed by atoms with van der Waals surface area (Å²) < 4.78 is 16.9. The third-order valence-corrected chi connectivity index (χ3v) is 13.4. The third kappa shape index (κ3) is 57.9. The molecule has 0 aliphatic heterocycles. The van der Waals surface area contributed by atoms with E-state index in [4.69, 9.17) is 14.2 Å². The molecule has 0 heterocycles. The zero-order valence-electron chi connectivity index (χ0n) is 47.2. The minimum absolute atomic E-state index is 0.0808. The summed E-state index contributed by atoms with van der Waals surface area (Å²) in [4.78, 5) is 38.1. The van der Waals surface area contributed by atoms with Crippen LogP contribution in [0.25, 0.3) is 0 Å². The molecule has 0 aliphatic carbocycles. The van der Waals surface area contributed by atoms with E-state index in [9.17, 15) is 14.4 Å². The summed E-state index contributed by atoms with van der Waals surface area (Å²) in [5.74, 6) is -0.893. The Balaban J connectivity index is 4.20. The second kappa shape index (κ2) is 59.7. The van der Waals surface area contributed by atoms with Gasteiger partial charge in [-0.3, -0.25) is 14.4 Å². The molecule has 0 N–H and O–H groups in total. The van der Waals surface area contributed by atoms with Gasteiger partial charge in [0.15, 0.2) is 6.10 Å². The lowest BCUT2D eigenvalue weighted by Crippen LogP contribution is -2.30. The predicted octanol–water partition coefficient (Wildman–Crippen LogP) is 20.8. The second-order valence-corrected chi connectivity index (χ2v) is 20.6. The fourth-order valence-electron chi connectivity index (χ4n) is 8.80. The summed E-state index contributed by atoms with van der Waals surface area (Å²) in [7, 11) is 0. The largest absolute Gasteiger partial charge is 0.462 e. The van der Waals surface area contributed by atoms with Crippen molar-refractivity contribution in [1.82, 2.24) is 0 Å². The van der Waals surface area contributed by atoms with Gasteiger partial charge in [-0.1, -0.05) is 255 Å². The van der Waals surface area contributed by atoms with E-state index >= 15 is 0 Å². The lowest BCUT2D eigenvalue weighted by Gasteiger charge is -2.18. The molecule has 1 atom stereocenters. The lowest BCUT2D eigenvalue weighted by molar-refractivity contribution is -0.167. The summed E-state index contributed by atoms with van der Waals surface area (Å²) in [6, 6.07) is 0. The van der Waals surface area contributed by atoms with Crippen molar-refractivity contribution in [1.29, 1.82) is 0 Å². The highest BCUT2D eigenvalue weighted by molar-refractivity contribution is 5.71. The maximum absolute atomic E-state index is 12.8. The predicted molar refractivity (Wildman–Crippen MR) is 307 cm³/mol. The maximum atomic E-state index is 12.8. The first-order chi connectivity index (χ1) is 35.0. The summed E-state index contributed by atoms with van der Waals surface area (Å²) in [6.45, 7) is 6.56. The van der Waals surface area contributed by atoms with Crippen molar-refractivity contribution in [2.75, 3.05) is 13.2 Å². The molecule has 0 radical (unpaired) electrons. The van der Waals surface area contributed by atoms with E-state index in [-0.39, 0.29) is 31.1 Å². The number of carbonyl (C=O) groups excluding carboxylic acids is 3. The van der Waals surface area contributed by atoms with Crippen molar-refractivity contribution in [3.63, 3.8) is 0 Å². The zero-order valence-corrected chi connectivity index (χ0v) is 47.2. The van der Waals surface area contributed by atoms with E-state index in [0.29, 0.717) is 19.3 Å². The molecule has 6 nitrogen and oxygen atoms in total. The van der Waals surface area contributed by atoms with Gasteiger partial charge in [-0.15, -0.1) is 0 Å². The molecule has 6 heteroatoms. The number of carbonyl (C=O) groups is 3. The number of hydrogen-bond donors (Lipinski definition) is 0. The van der Waals surface area contributed by atoms with Gasteiger partial charge >= 0.3 is 17.9 Å². The van der Waals surface area contributed by atoms with Crippen molar-refractivity contribution in [2.45, 2.75) is 322 Å². The molecule has 0 amide bonds. The molecular formula is C65H116O6. The monoisotopic (exact) mass is 993 g/mol. The molecule has 0 aromatic rings. The second-order valence-electron chi connectivity index (χ2n) is 20.6. The Bertz CT molecular complexity index is 1280. The highest BCUT2D eigenvalue weighted by Gasteiger charge is 2.19. The van der Waals surface area contributed by atoms with E-state index in [1.165, 1.54) is 173 Å². The van der Waals surface area contributed by atoms with Crippen molar-refractivity contribution in [3.8, 4) is 0 Å². The summed E-state index contributed by atoms with van der Waals surface area (Å²) in [6.07, 6.45) is 75.2. The normalized spacial score (nSPS) is 12.4. The number of ether oxygens (including phenoxy) is 3. The number of allylic oxidation sites excluding steroid dienone is 10. The van der Waals surface area contributed by atoms with Gasteiger partial charge in [-0.05, 0) is 103 Å². The molecule has 1 unspecified atom stereocenters. The van der Waals surface area contributed by atoms with E-state index in [2.05, 4.69) is 81.5 Å². The number of esters is 3. The summed E-state index contributed by atoms with van der Waals surface area (Å²) >= 11 is 0. The van der Waals surface area contributed by atoms with Crippen LogP contribution in [0.4, 0.5) is 0 Å². The van der Waals surface area contributed by atoms with E-state index < -0.39 is 6.10 Å². The van der Waals surface area contributed by atoms with E-state index in [0.717, 1.165) is 103 Å². The van der Waals surface area contributed by atoms with E-state index in [1.54, 1.807) is 0 Å². The first-order valence-electron chi connectivity index (χ1n) is 30.8. The standard InChI is InChI=1S/C65H116O6/c1-4-7-10-13-16-19-22-25-26-27-28-29-30-31-32-33-34-35-36-37-38-41-43-46-49-52-55-58-64(67)70-61-62(71-65(68)59-56-53-50-47-44-40-24-21-18-15-12-9-6-3)60-69-63(66)57-54-51-48-45-42-39-23-20-17-14-11-8-5-2/h12,15,20-25,27-28,62H,4-11,13-14,16-19,26,29-61H2,1-3H3/b15-12-,23-20-,24-21-,25-22-,28-27-. The average molecular weight is 994 g/mol. The summed E-state index contributed by atoms with van der Waals surface area (Å²) in [5, 5.41) is 0. The van der Waals surface area contributed by atoms with Gasteiger partial charge in [0.1, 0.15) is 13.2 Å². The van der Waals surface area contributed by atoms with Crippen molar-refractivity contribution in [2.24, 2.45) is 0 Å². The van der Waals surface area contributed by atoms with Crippen LogP contribution in [0.15, 0.2) is 60.8 Å². The molecule has 0 aromatic heterocycles. The van der Waals surface area contributed by atoms with Gasteiger partial charge in [0.25, 0.3) is 0 Å². The number of hydrogen-bond acceptors (Lipinski definition) is 6. The fourth-order valence-corrected chi connectivity index (χ4v) is 8.80. The van der Waals surface area contributed by atoms with Crippen LogP contribution in [0.2, 0.25) is 0 Å². The van der Waals surface area contributed by atoms with Crippen LogP contribution in [0.5, 0.6) is 0 Å². The van der Waals surface area contributed by atoms with Crippen LogP contribution in [0, 0.1) is 0 Å². The van der Waals surface area contributed by atoms with Crippen molar-refractivity contribution >= 4 is 17.9 Å². The van der Waals surface area contributed by atoms with Gasteiger partial charge in [0.2, 0.25) is 0 Å². The maximum Gasteiger partial charge on any atom is 0.306 e. The molecule has 0 saturated carbocycles.